The first-order valence-corrected chi connectivity index (χ1v) is 12.6. The monoisotopic (exact) mass is 402 g/mol. The molecule has 0 amide bonds. The third-order valence-corrected chi connectivity index (χ3v) is 8.39. The van der Waals surface area contributed by atoms with E-state index in [4.69, 9.17) is 4.74 Å². The van der Waals surface area contributed by atoms with Gasteiger partial charge in [0.25, 0.3) is 0 Å². The molecule has 1 aliphatic carbocycles. The summed E-state index contributed by atoms with van der Waals surface area (Å²) in [6, 6.07) is 0. The molecule has 1 N–H and O–H groups in total. The van der Waals surface area contributed by atoms with Gasteiger partial charge in [0, 0.05) is 6.54 Å². The normalized spacial score (nSPS) is 22.1. The molecule has 1 saturated heterocycles. The Morgan fingerprint density at radius 1 is 1.07 bits per heavy atom. The van der Waals surface area contributed by atoms with E-state index in [9.17, 15) is 8.42 Å². The molecular formula is C21H42N2O3S. The molecule has 1 aliphatic heterocycles. The lowest BCUT2D eigenvalue weighted by Gasteiger charge is -2.46. The van der Waals surface area contributed by atoms with Crippen molar-refractivity contribution in [2.45, 2.75) is 90.4 Å². The van der Waals surface area contributed by atoms with E-state index in [-0.39, 0.29) is 5.25 Å². The van der Waals surface area contributed by atoms with Crippen molar-refractivity contribution >= 4 is 10.0 Å². The molecule has 27 heavy (non-hydrogen) atoms. The van der Waals surface area contributed by atoms with Gasteiger partial charge in [0.1, 0.15) is 0 Å². The lowest BCUT2D eigenvalue weighted by atomic mass is 9.67. The number of rotatable bonds is 10. The van der Waals surface area contributed by atoms with Crippen molar-refractivity contribution in [3.63, 3.8) is 0 Å². The molecule has 5 nitrogen and oxygen atoms in total. The number of sulfonamides is 1. The zero-order chi connectivity index (χ0) is 19.9. The van der Waals surface area contributed by atoms with Crippen LogP contribution in [0.2, 0.25) is 0 Å². The second-order valence-corrected chi connectivity index (χ2v) is 11.8. The number of likely N-dealkylation sites (tertiary alicyclic amines) is 1. The Balaban J connectivity index is 1.60. The van der Waals surface area contributed by atoms with Crippen molar-refractivity contribution in [1.29, 1.82) is 0 Å². The first-order chi connectivity index (χ1) is 12.7. The number of ether oxygens (including phenoxy) is 1. The minimum Gasteiger partial charge on any atom is -0.377 e. The SMILES string of the molecule is CC(C)CCCN1CCC2(CCC(OCCNS(=O)(=O)C(C)C)CC2)CC1. The van der Waals surface area contributed by atoms with Crippen LogP contribution >= 0.6 is 0 Å². The molecule has 0 aromatic heterocycles. The summed E-state index contributed by atoms with van der Waals surface area (Å²) < 4.78 is 32.1. The van der Waals surface area contributed by atoms with Crippen molar-refractivity contribution in [2.24, 2.45) is 11.3 Å². The van der Waals surface area contributed by atoms with Crippen LogP contribution in [-0.4, -0.2) is 57.5 Å². The molecular weight excluding hydrogens is 360 g/mol. The Bertz CT molecular complexity index is 516. The molecule has 1 spiro atoms. The second kappa shape index (κ2) is 10.6. The predicted octanol–water partition coefficient (Wildman–Crippen LogP) is 3.79. The summed E-state index contributed by atoms with van der Waals surface area (Å²) in [5, 5.41) is -0.386. The minimum atomic E-state index is -3.18. The number of piperidine rings is 1. The van der Waals surface area contributed by atoms with Crippen LogP contribution in [0.25, 0.3) is 0 Å². The Labute approximate surface area is 167 Å². The van der Waals surface area contributed by atoms with Crippen molar-refractivity contribution in [1.82, 2.24) is 9.62 Å². The van der Waals surface area contributed by atoms with Gasteiger partial charge in [-0.25, -0.2) is 13.1 Å². The molecule has 0 aromatic rings. The van der Waals surface area contributed by atoms with Crippen LogP contribution in [-0.2, 0) is 14.8 Å². The molecule has 1 saturated carbocycles. The summed E-state index contributed by atoms with van der Waals surface area (Å²) in [7, 11) is -3.18. The van der Waals surface area contributed by atoms with Gasteiger partial charge in [-0.2, -0.15) is 0 Å². The van der Waals surface area contributed by atoms with Gasteiger partial charge in [-0.3, -0.25) is 0 Å². The maximum absolute atomic E-state index is 11.7. The van der Waals surface area contributed by atoms with E-state index in [1.807, 2.05) is 0 Å². The zero-order valence-electron chi connectivity index (χ0n) is 18.0. The van der Waals surface area contributed by atoms with Gasteiger partial charge < -0.3 is 9.64 Å². The third-order valence-electron chi connectivity index (χ3n) is 6.55. The molecule has 0 unspecified atom stereocenters. The molecule has 6 heteroatoms. The lowest BCUT2D eigenvalue weighted by molar-refractivity contribution is -0.0215. The topological polar surface area (TPSA) is 58.6 Å². The molecule has 2 rings (SSSR count). The Morgan fingerprint density at radius 3 is 2.26 bits per heavy atom. The maximum atomic E-state index is 11.7. The lowest BCUT2D eigenvalue weighted by Crippen LogP contribution is -2.43. The van der Waals surface area contributed by atoms with Gasteiger partial charge in [0.05, 0.1) is 18.0 Å². The average molecular weight is 403 g/mol. The number of nitrogens with zero attached hydrogens (tertiary/aromatic N) is 1. The Kier molecular flexibility index (Phi) is 9.04. The summed E-state index contributed by atoms with van der Waals surface area (Å²) in [5.41, 5.74) is 0.549. The average Bonchev–Trinajstić information content (AvgIpc) is 2.62. The first kappa shape index (κ1) is 23.1. The summed E-state index contributed by atoms with van der Waals surface area (Å²) in [6.07, 6.45) is 10.5. The van der Waals surface area contributed by atoms with E-state index in [1.165, 1.54) is 58.2 Å². The zero-order valence-corrected chi connectivity index (χ0v) is 18.8. The van der Waals surface area contributed by atoms with E-state index in [0.717, 1.165) is 18.8 Å². The number of hydrogen-bond acceptors (Lipinski definition) is 4. The highest BCUT2D eigenvalue weighted by Crippen LogP contribution is 2.45. The van der Waals surface area contributed by atoms with Gasteiger partial charge >= 0.3 is 0 Å². The van der Waals surface area contributed by atoms with E-state index in [1.54, 1.807) is 13.8 Å². The molecule has 160 valence electrons. The van der Waals surface area contributed by atoms with Crippen molar-refractivity contribution < 1.29 is 13.2 Å². The van der Waals surface area contributed by atoms with Crippen LogP contribution in [0.4, 0.5) is 0 Å². The van der Waals surface area contributed by atoms with E-state index < -0.39 is 10.0 Å². The highest BCUT2D eigenvalue weighted by atomic mass is 32.2. The fourth-order valence-corrected chi connectivity index (χ4v) is 5.12. The molecule has 0 radical (unpaired) electrons. The first-order valence-electron chi connectivity index (χ1n) is 11.0. The van der Waals surface area contributed by atoms with Crippen LogP contribution in [0, 0.1) is 11.3 Å². The largest absolute Gasteiger partial charge is 0.377 e. The van der Waals surface area contributed by atoms with Gasteiger partial charge in [0.15, 0.2) is 0 Å². The highest BCUT2D eigenvalue weighted by Gasteiger charge is 2.38. The van der Waals surface area contributed by atoms with Crippen LogP contribution in [0.3, 0.4) is 0 Å². The minimum absolute atomic E-state index is 0.309. The van der Waals surface area contributed by atoms with Crippen molar-refractivity contribution in [3.05, 3.63) is 0 Å². The van der Waals surface area contributed by atoms with Gasteiger partial charge in [0.2, 0.25) is 10.0 Å². The maximum Gasteiger partial charge on any atom is 0.214 e. The van der Waals surface area contributed by atoms with Crippen LogP contribution in [0.15, 0.2) is 0 Å². The molecule has 0 bridgehead atoms. The van der Waals surface area contributed by atoms with Crippen LogP contribution in [0.5, 0.6) is 0 Å². The summed E-state index contributed by atoms with van der Waals surface area (Å²) in [5.74, 6) is 0.817. The van der Waals surface area contributed by atoms with Crippen LogP contribution in [0.1, 0.15) is 79.1 Å². The van der Waals surface area contributed by atoms with Crippen LogP contribution < -0.4 is 4.72 Å². The Hall–Kier alpha value is -0.170. The fraction of sp³-hybridized carbons (Fsp3) is 1.00. The quantitative estimate of drug-likeness (QED) is 0.565. The van der Waals surface area contributed by atoms with Crippen molar-refractivity contribution in [3.8, 4) is 0 Å². The van der Waals surface area contributed by atoms with Gasteiger partial charge in [-0.1, -0.05) is 13.8 Å². The number of nitrogens with one attached hydrogen (secondary N) is 1. The highest BCUT2D eigenvalue weighted by molar-refractivity contribution is 7.90. The standard InChI is InChI=1S/C21H42N2O3S/c1-18(2)6-5-14-23-15-11-21(12-16-23)9-7-20(8-10-21)26-17-13-22-27(24,25)19(3)4/h18-20,22H,5-17H2,1-4H3. The summed E-state index contributed by atoms with van der Waals surface area (Å²) in [4.78, 5) is 2.66. The van der Waals surface area contributed by atoms with Gasteiger partial charge in [-0.15, -0.1) is 0 Å². The predicted molar refractivity (Wildman–Crippen MR) is 112 cm³/mol. The second-order valence-electron chi connectivity index (χ2n) is 9.44. The smallest absolute Gasteiger partial charge is 0.214 e. The third kappa shape index (κ3) is 7.64. The van der Waals surface area contributed by atoms with E-state index in [0.29, 0.717) is 24.7 Å². The van der Waals surface area contributed by atoms with Crippen molar-refractivity contribution in [2.75, 3.05) is 32.8 Å². The fourth-order valence-electron chi connectivity index (χ4n) is 4.42. The molecule has 2 fully saturated rings. The van der Waals surface area contributed by atoms with E-state index >= 15 is 0 Å². The van der Waals surface area contributed by atoms with E-state index in [2.05, 4.69) is 23.5 Å². The van der Waals surface area contributed by atoms with Gasteiger partial charge in [-0.05, 0) is 96.2 Å². The molecule has 0 aromatic carbocycles. The molecule has 2 aliphatic rings. The molecule has 1 heterocycles. The molecule has 0 atom stereocenters. The number of hydrogen-bond donors (Lipinski definition) is 1. The summed E-state index contributed by atoms with van der Waals surface area (Å²) in [6.45, 7) is 12.7. The summed E-state index contributed by atoms with van der Waals surface area (Å²) >= 11 is 0. The Morgan fingerprint density at radius 2 is 1.70 bits per heavy atom.